The van der Waals surface area contributed by atoms with Crippen LogP contribution in [-0.2, 0) is 30.0 Å². The lowest BCUT2D eigenvalue weighted by atomic mass is 9.69. The average molecular weight is 538 g/mol. The van der Waals surface area contributed by atoms with Crippen LogP contribution in [0.5, 0.6) is 5.88 Å². The van der Waals surface area contributed by atoms with Crippen molar-refractivity contribution in [2.75, 3.05) is 19.7 Å². The van der Waals surface area contributed by atoms with Crippen LogP contribution >= 0.6 is 0 Å². The number of hydrogen-bond acceptors (Lipinski definition) is 6. The van der Waals surface area contributed by atoms with Crippen LogP contribution in [-0.4, -0.2) is 61.8 Å². The van der Waals surface area contributed by atoms with Gasteiger partial charge in [-0.3, -0.25) is 4.68 Å². The number of aromatic nitrogens is 6. The Hall–Kier alpha value is -3.77. The molecular formula is C26H28FN7O3S. The van der Waals surface area contributed by atoms with Crippen molar-refractivity contribution in [2.24, 2.45) is 12.5 Å². The molecule has 0 radical (unpaired) electrons. The fourth-order valence-electron chi connectivity index (χ4n) is 5.44. The average Bonchev–Trinajstić information content (AvgIpc) is 3.66. The lowest BCUT2D eigenvalue weighted by molar-refractivity contribution is 0.118. The van der Waals surface area contributed by atoms with Crippen LogP contribution in [0.1, 0.15) is 24.6 Å². The molecule has 10 nitrogen and oxygen atoms in total. The van der Waals surface area contributed by atoms with Crippen LogP contribution in [0.15, 0.2) is 65.6 Å². The van der Waals surface area contributed by atoms with Crippen molar-refractivity contribution in [3.63, 3.8) is 0 Å². The molecule has 1 saturated heterocycles. The first kappa shape index (κ1) is 24.6. The molecule has 0 bridgehead atoms. The molecule has 0 spiro atoms. The van der Waals surface area contributed by atoms with E-state index in [4.69, 9.17) is 4.74 Å². The zero-order chi connectivity index (χ0) is 26.5. The van der Waals surface area contributed by atoms with Crippen LogP contribution in [0, 0.1) is 11.2 Å². The van der Waals surface area contributed by atoms with Gasteiger partial charge in [-0.15, -0.1) is 0 Å². The topological polar surface area (TPSA) is 100 Å². The lowest BCUT2D eigenvalue weighted by Crippen LogP contribution is -2.52. The molecule has 0 saturated carbocycles. The third-order valence-electron chi connectivity index (χ3n) is 7.44. The largest absolute Gasteiger partial charge is 0.477 e. The van der Waals surface area contributed by atoms with Crippen molar-refractivity contribution >= 4 is 16.1 Å². The second-order valence-corrected chi connectivity index (χ2v) is 11.6. The highest BCUT2D eigenvalue weighted by Crippen LogP contribution is 2.45. The lowest BCUT2D eigenvalue weighted by Gasteiger charge is -2.45. The minimum absolute atomic E-state index is 0.191. The van der Waals surface area contributed by atoms with E-state index < -0.39 is 15.4 Å². The fraction of sp³-hybridized carbons (Fsp3) is 0.346. The molecule has 4 aromatic rings. The van der Waals surface area contributed by atoms with Gasteiger partial charge in [0.2, 0.25) is 5.88 Å². The number of piperidine rings is 1. The molecule has 38 heavy (non-hydrogen) atoms. The molecule has 2 aliphatic rings. The van der Waals surface area contributed by atoms with E-state index in [0.29, 0.717) is 31.8 Å². The van der Waals surface area contributed by atoms with Crippen molar-refractivity contribution < 1.29 is 17.5 Å². The molecule has 1 unspecified atom stereocenters. The molecule has 198 valence electrons. The maximum absolute atomic E-state index is 13.7. The van der Waals surface area contributed by atoms with Crippen LogP contribution in [0.4, 0.5) is 4.39 Å². The van der Waals surface area contributed by atoms with Gasteiger partial charge in [-0.25, -0.2) is 22.2 Å². The Balaban J connectivity index is 1.38. The van der Waals surface area contributed by atoms with Gasteiger partial charge in [-0.2, -0.15) is 19.6 Å². The summed E-state index contributed by atoms with van der Waals surface area (Å²) in [5, 5.41) is 13.1. The van der Waals surface area contributed by atoms with Crippen LogP contribution in [0.25, 0.3) is 11.8 Å². The van der Waals surface area contributed by atoms with Gasteiger partial charge in [0.05, 0.1) is 30.0 Å². The van der Waals surface area contributed by atoms with Gasteiger partial charge >= 0.3 is 0 Å². The van der Waals surface area contributed by atoms with E-state index in [1.54, 1.807) is 57.4 Å². The predicted molar refractivity (Wildman–Crippen MR) is 138 cm³/mol. The Bertz CT molecular complexity index is 1620. The van der Waals surface area contributed by atoms with Crippen molar-refractivity contribution in [1.82, 2.24) is 33.6 Å². The SMILES string of the molecule is CCn1nccc1S(=O)(=O)N1CCC2=Cc3c(cnn3-c3ccc(F)cc3)CC2(COc2ccnn2C)C1. The van der Waals surface area contributed by atoms with Crippen LogP contribution in [0.2, 0.25) is 0 Å². The van der Waals surface area contributed by atoms with E-state index in [9.17, 15) is 12.8 Å². The van der Waals surface area contributed by atoms with Crippen molar-refractivity contribution in [3.8, 4) is 11.6 Å². The monoisotopic (exact) mass is 537 g/mol. The third-order valence-corrected chi connectivity index (χ3v) is 9.31. The minimum atomic E-state index is -3.77. The van der Waals surface area contributed by atoms with E-state index >= 15 is 0 Å². The first-order chi connectivity index (χ1) is 18.3. The maximum atomic E-state index is 13.7. The number of hydrogen-bond donors (Lipinski definition) is 0. The smallest absolute Gasteiger partial charge is 0.260 e. The summed E-state index contributed by atoms with van der Waals surface area (Å²) in [5.41, 5.74) is 3.16. The Morgan fingerprint density at radius 2 is 1.87 bits per heavy atom. The Morgan fingerprint density at radius 1 is 1.08 bits per heavy atom. The second kappa shape index (κ2) is 9.21. The standard InChI is InChI=1S/C26H28FN7O3S/c1-3-33-25(9-12-29-33)38(35,36)32-13-10-20-14-23-19(16-30-34(23)22-6-4-21(27)5-7-22)15-26(20,17-32)18-37-24-8-11-28-31(24)2/h4-9,11-12,14,16H,3,10,13,15,17-18H2,1-2H3. The van der Waals surface area contributed by atoms with Crippen molar-refractivity contribution in [2.45, 2.75) is 31.3 Å². The number of benzene rings is 1. The molecule has 0 N–H and O–H groups in total. The van der Waals surface area contributed by atoms with Gasteiger partial charge in [0, 0.05) is 38.2 Å². The van der Waals surface area contributed by atoms with E-state index in [-0.39, 0.29) is 24.0 Å². The number of aryl methyl sites for hydroxylation is 2. The zero-order valence-electron chi connectivity index (χ0n) is 21.2. The van der Waals surface area contributed by atoms with Gasteiger partial charge in [0.25, 0.3) is 10.0 Å². The zero-order valence-corrected chi connectivity index (χ0v) is 22.0. The summed E-state index contributed by atoms with van der Waals surface area (Å²) in [6, 6.07) is 9.55. The highest BCUT2D eigenvalue weighted by molar-refractivity contribution is 7.89. The third kappa shape index (κ3) is 4.04. The highest BCUT2D eigenvalue weighted by atomic mass is 32.2. The number of ether oxygens (including phenoxy) is 1. The molecule has 1 atom stereocenters. The van der Waals surface area contributed by atoms with Crippen molar-refractivity contribution in [3.05, 3.63) is 77.6 Å². The summed E-state index contributed by atoms with van der Waals surface area (Å²) in [7, 11) is -1.97. The molecule has 1 fully saturated rings. The van der Waals surface area contributed by atoms with Crippen molar-refractivity contribution in [1.29, 1.82) is 0 Å². The van der Waals surface area contributed by atoms with E-state index in [1.807, 2.05) is 6.92 Å². The maximum Gasteiger partial charge on any atom is 0.260 e. The van der Waals surface area contributed by atoms with Gasteiger partial charge < -0.3 is 4.74 Å². The summed E-state index contributed by atoms with van der Waals surface area (Å²) in [5.74, 6) is 0.299. The van der Waals surface area contributed by atoms with Gasteiger partial charge in [0.15, 0.2) is 5.03 Å². The number of halogens is 1. The van der Waals surface area contributed by atoms with Gasteiger partial charge in [-0.05, 0) is 61.7 Å². The Labute approximate surface area is 220 Å². The molecule has 3 aromatic heterocycles. The van der Waals surface area contributed by atoms with E-state index in [0.717, 1.165) is 22.5 Å². The molecule has 12 heteroatoms. The molecule has 4 heterocycles. The van der Waals surface area contributed by atoms with Gasteiger partial charge in [-0.1, -0.05) is 5.57 Å². The number of fused-ring (bicyclic) bond motifs is 2. The first-order valence-electron chi connectivity index (χ1n) is 12.5. The minimum Gasteiger partial charge on any atom is -0.477 e. The molecule has 6 rings (SSSR count). The quantitative estimate of drug-likeness (QED) is 0.359. The fourth-order valence-corrected chi connectivity index (χ4v) is 7.13. The molecule has 0 amide bonds. The summed E-state index contributed by atoms with van der Waals surface area (Å²) in [4.78, 5) is 0. The number of sulfonamides is 1. The first-order valence-corrected chi connectivity index (χ1v) is 13.9. The molecule has 1 aliphatic carbocycles. The Morgan fingerprint density at radius 3 is 2.61 bits per heavy atom. The predicted octanol–water partition coefficient (Wildman–Crippen LogP) is 3.06. The normalized spacial score (nSPS) is 19.6. The Kier molecular flexibility index (Phi) is 5.95. The molecule has 1 aromatic carbocycles. The molecular weight excluding hydrogens is 509 g/mol. The number of rotatable bonds is 7. The van der Waals surface area contributed by atoms with Crippen LogP contribution in [0.3, 0.4) is 0 Å². The summed E-state index contributed by atoms with van der Waals surface area (Å²) >= 11 is 0. The summed E-state index contributed by atoms with van der Waals surface area (Å²) < 4.78 is 53.8. The van der Waals surface area contributed by atoms with Gasteiger partial charge in [0.1, 0.15) is 12.4 Å². The van der Waals surface area contributed by atoms with E-state index in [2.05, 4.69) is 21.4 Å². The second-order valence-electron chi connectivity index (χ2n) is 9.73. The van der Waals surface area contributed by atoms with Crippen LogP contribution < -0.4 is 4.74 Å². The highest BCUT2D eigenvalue weighted by Gasteiger charge is 2.47. The number of nitrogens with zero attached hydrogens (tertiary/aromatic N) is 7. The molecule has 1 aliphatic heterocycles. The van der Waals surface area contributed by atoms with E-state index in [1.165, 1.54) is 23.0 Å². The summed E-state index contributed by atoms with van der Waals surface area (Å²) in [6.07, 6.45) is 8.18. The summed E-state index contributed by atoms with van der Waals surface area (Å²) in [6.45, 7) is 3.21.